The predicted molar refractivity (Wildman–Crippen MR) is 73.7 cm³/mol. The molecule has 0 saturated carbocycles. The van der Waals surface area contributed by atoms with Crippen LogP contribution in [0.3, 0.4) is 0 Å². The molecule has 6 heteroatoms. The fraction of sp³-hybridized carbons (Fsp3) is 0.267. The third-order valence-corrected chi connectivity index (χ3v) is 2.86. The SMILES string of the molecule is COC(=O)CC(Cc1ccccc1)=C(CC(=O)O)C(=O)O. The maximum atomic E-state index is 11.4. The lowest BCUT2D eigenvalue weighted by atomic mass is 9.95. The molecule has 6 nitrogen and oxygen atoms in total. The van der Waals surface area contributed by atoms with Gasteiger partial charge < -0.3 is 14.9 Å². The van der Waals surface area contributed by atoms with Gasteiger partial charge in [-0.15, -0.1) is 0 Å². The largest absolute Gasteiger partial charge is 0.481 e. The molecule has 0 aromatic heterocycles. The lowest BCUT2D eigenvalue weighted by Gasteiger charge is -2.11. The summed E-state index contributed by atoms with van der Waals surface area (Å²) >= 11 is 0. The van der Waals surface area contributed by atoms with E-state index in [1.165, 1.54) is 7.11 Å². The predicted octanol–water partition coefficient (Wildman–Crippen LogP) is 1.65. The van der Waals surface area contributed by atoms with Gasteiger partial charge in [0.05, 0.1) is 20.0 Å². The Balaban J connectivity index is 3.17. The minimum atomic E-state index is -1.34. The molecule has 2 N–H and O–H groups in total. The fourth-order valence-electron chi connectivity index (χ4n) is 1.87. The highest BCUT2D eigenvalue weighted by molar-refractivity contribution is 5.94. The normalized spacial score (nSPS) is 11.5. The second-order valence-electron chi connectivity index (χ2n) is 4.37. The standard InChI is InChI=1S/C15H16O6/c1-21-14(18)8-11(7-10-5-3-2-4-6-10)12(15(19)20)9-13(16)17/h2-6H,7-9H2,1H3,(H,16,17)(H,19,20). The Hall–Kier alpha value is -2.63. The van der Waals surface area contributed by atoms with Gasteiger partial charge >= 0.3 is 17.9 Å². The van der Waals surface area contributed by atoms with Gasteiger partial charge in [0, 0.05) is 5.57 Å². The number of esters is 1. The first-order valence-electron chi connectivity index (χ1n) is 6.20. The van der Waals surface area contributed by atoms with Gasteiger partial charge in [0.1, 0.15) is 0 Å². The van der Waals surface area contributed by atoms with Crippen LogP contribution in [0, 0.1) is 0 Å². The number of ether oxygens (including phenoxy) is 1. The van der Waals surface area contributed by atoms with E-state index in [4.69, 9.17) is 5.11 Å². The molecule has 21 heavy (non-hydrogen) atoms. The van der Waals surface area contributed by atoms with Gasteiger partial charge in [0.15, 0.2) is 0 Å². The smallest absolute Gasteiger partial charge is 0.332 e. The molecule has 0 heterocycles. The minimum absolute atomic E-state index is 0.185. The number of aliphatic carboxylic acids is 2. The summed E-state index contributed by atoms with van der Waals surface area (Å²) in [4.78, 5) is 33.5. The zero-order valence-electron chi connectivity index (χ0n) is 11.5. The molecule has 0 aliphatic rings. The van der Waals surface area contributed by atoms with Crippen molar-refractivity contribution < 1.29 is 29.3 Å². The van der Waals surface area contributed by atoms with Crippen molar-refractivity contribution in [3.05, 3.63) is 47.0 Å². The third-order valence-electron chi connectivity index (χ3n) is 2.86. The molecule has 1 aromatic rings. The van der Waals surface area contributed by atoms with Crippen molar-refractivity contribution in [1.29, 1.82) is 0 Å². The first-order chi connectivity index (χ1) is 9.93. The van der Waals surface area contributed by atoms with E-state index in [0.29, 0.717) is 0 Å². The summed E-state index contributed by atoms with van der Waals surface area (Å²) in [6.45, 7) is 0. The van der Waals surface area contributed by atoms with Gasteiger partial charge in [-0.1, -0.05) is 30.3 Å². The van der Waals surface area contributed by atoms with Crippen molar-refractivity contribution in [1.82, 2.24) is 0 Å². The number of benzene rings is 1. The number of rotatable bonds is 7. The van der Waals surface area contributed by atoms with Crippen molar-refractivity contribution in [2.24, 2.45) is 0 Å². The summed E-state index contributed by atoms with van der Waals surface area (Å²) in [5.41, 5.74) is 0.750. The number of carboxylic acids is 2. The molecule has 0 aliphatic heterocycles. The molecule has 0 amide bonds. The van der Waals surface area contributed by atoms with Crippen LogP contribution in [-0.2, 0) is 25.5 Å². The molecular formula is C15H16O6. The van der Waals surface area contributed by atoms with E-state index in [-0.39, 0.29) is 24.0 Å². The first kappa shape index (κ1) is 16.4. The molecule has 0 spiro atoms. The maximum absolute atomic E-state index is 11.4. The zero-order valence-corrected chi connectivity index (χ0v) is 11.5. The second kappa shape index (κ2) is 7.84. The molecular weight excluding hydrogens is 276 g/mol. The maximum Gasteiger partial charge on any atom is 0.332 e. The lowest BCUT2D eigenvalue weighted by Crippen LogP contribution is -2.14. The van der Waals surface area contributed by atoms with E-state index in [0.717, 1.165) is 5.56 Å². The number of carboxylic acid groups (broad SMARTS) is 2. The van der Waals surface area contributed by atoms with Crippen molar-refractivity contribution in [2.45, 2.75) is 19.3 Å². The van der Waals surface area contributed by atoms with Gasteiger partial charge in [-0.3, -0.25) is 9.59 Å². The van der Waals surface area contributed by atoms with Gasteiger partial charge in [-0.2, -0.15) is 0 Å². The van der Waals surface area contributed by atoms with Gasteiger partial charge in [0.25, 0.3) is 0 Å². The van der Waals surface area contributed by atoms with E-state index >= 15 is 0 Å². The van der Waals surface area contributed by atoms with Crippen molar-refractivity contribution >= 4 is 17.9 Å². The highest BCUT2D eigenvalue weighted by atomic mass is 16.5. The van der Waals surface area contributed by atoms with Crippen LogP contribution in [0.15, 0.2) is 41.5 Å². The minimum Gasteiger partial charge on any atom is -0.481 e. The van der Waals surface area contributed by atoms with Crippen LogP contribution in [-0.4, -0.2) is 35.2 Å². The van der Waals surface area contributed by atoms with Crippen LogP contribution in [0.5, 0.6) is 0 Å². The summed E-state index contributed by atoms with van der Waals surface area (Å²) in [5, 5.41) is 18.0. The molecule has 0 saturated heterocycles. The molecule has 0 atom stereocenters. The van der Waals surface area contributed by atoms with E-state index in [1.807, 2.05) is 6.07 Å². The first-order valence-corrected chi connectivity index (χ1v) is 6.20. The Morgan fingerprint density at radius 3 is 2.14 bits per heavy atom. The van der Waals surface area contributed by atoms with Gasteiger partial charge in [-0.25, -0.2) is 4.79 Å². The zero-order chi connectivity index (χ0) is 15.8. The highest BCUT2D eigenvalue weighted by Gasteiger charge is 2.20. The molecule has 0 unspecified atom stereocenters. The number of hydrogen-bond acceptors (Lipinski definition) is 4. The molecule has 0 radical (unpaired) electrons. The summed E-state index contributed by atoms with van der Waals surface area (Å²) in [6, 6.07) is 8.92. The average molecular weight is 292 g/mol. The van der Waals surface area contributed by atoms with E-state index in [1.54, 1.807) is 24.3 Å². The monoisotopic (exact) mass is 292 g/mol. The van der Waals surface area contributed by atoms with Gasteiger partial charge in [-0.05, 0) is 17.6 Å². The van der Waals surface area contributed by atoms with Crippen LogP contribution in [0.1, 0.15) is 18.4 Å². The summed E-state index contributed by atoms with van der Waals surface area (Å²) in [5.74, 6) is -3.21. The topological polar surface area (TPSA) is 101 Å². The number of carbonyl (C=O) groups excluding carboxylic acids is 1. The average Bonchev–Trinajstić information content (AvgIpc) is 2.44. The van der Waals surface area contributed by atoms with Crippen molar-refractivity contribution in [3.63, 3.8) is 0 Å². The Labute approximate surface area is 121 Å². The fourth-order valence-corrected chi connectivity index (χ4v) is 1.87. The van der Waals surface area contributed by atoms with Crippen LogP contribution >= 0.6 is 0 Å². The van der Waals surface area contributed by atoms with Crippen molar-refractivity contribution in [2.75, 3.05) is 7.11 Å². The number of carbonyl (C=O) groups is 3. The second-order valence-corrected chi connectivity index (χ2v) is 4.37. The summed E-state index contributed by atoms with van der Waals surface area (Å²) in [6.07, 6.45) is -0.709. The van der Waals surface area contributed by atoms with E-state index in [9.17, 15) is 19.5 Å². The Morgan fingerprint density at radius 2 is 1.67 bits per heavy atom. The molecule has 112 valence electrons. The van der Waals surface area contributed by atoms with Crippen LogP contribution in [0.25, 0.3) is 0 Å². The van der Waals surface area contributed by atoms with Gasteiger partial charge in [0.2, 0.25) is 0 Å². The van der Waals surface area contributed by atoms with E-state index < -0.39 is 24.3 Å². The molecule has 1 rings (SSSR count). The molecule has 0 aliphatic carbocycles. The molecule has 0 fully saturated rings. The third kappa shape index (κ3) is 5.48. The number of methoxy groups -OCH3 is 1. The Bertz CT molecular complexity index is 559. The van der Waals surface area contributed by atoms with E-state index in [2.05, 4.69) is 4.74 Å². The van der Waals surface area contributed by atoms with Crippen LogP contribution < -0.4 is 0 Å². The van der Waals surface area contributed by atoms with Crippen LogP contribution in [0.2, 0.25) is 0 Å². The number of hydrogen-bond donors (Lipinski definition) is 2. The lowest BCUT2D eigenvalue weighted by molar-refractivity contribution is -0.141. The van der Waals surface area contributed by atoms with Crippen LogP contribution in [0.4, 0.5) is 0 Å². The van der Waals surface area contributed by atoms with Crippen molar-refractivity contribution in [3.8, 4) is 0 Å². The quantitative estimate of drug-likeness (QED) is 0.585. The summed E-state index contributed by atoms with van der Waals surface area (Å²) < 4.78 is 4.54. The Kier molecular flexibility index (Phi) is 6.13. The Morgan fingerprint density at radius 1 is 1.05 bits per heavy atom. The highest BCUT2D eigenvalue weighted by Crippen LogP contribution is 2.19. The molecule has 0 bridgehead atoms. The molecule has 1 aromatic carbocycles. The summed E-state index contributed by atoms with van der Waals surface area (Å²) in [7, 11) is 1.19.